The molecule has 0 aliphatic heterocycles. The van der Waals surface area contributed by atoms with Crippen LogP contribution in [0.1, 0.15) is 74.7 Å². The molecule has 0 bridgehead atoms. The Morgan fingerprint density at radius 2 is 1.55 bits per heavy atom. The van der Waals surface area contributed by atoms with E-state index in [1.165, 1.54) is 0 Å². The molecule has 6 nitrogen and oxygen atoms in total. The lowest BCUT2D eigenvalue weighted by molar-refractivity contribution is -0.146. The summed E-state index contributed by atoms with van der Waals surface area (Å²) in [5.74, 6) is -0.377. The fourth-order valence-electron chi connectivity index (χ4n) is 2.99. The minimum absolute atomic E-state index is 0.0547. The highest BCUT2D eigenvalue weighted by atomic mass is 16.5. The first-order valence-electron chi connectivity index (χ1n) is 10.6. The Hall–Kier alpha value is -2.21. The molecule has 1 aromatic carbocycles. The maximum Gasteiger partial charge on any atom is 0.323 e. The molecule has 0 aliphatic carbocycles. The van der Waals surface area contributed by atoms with Crippen LogP contribution in [-0.4, -0.2) is 43.5 Å². The molecule has 162 valence electrons. The zero-order chi connectivity index (χ0) is 21.5. The molecule has 0 amide bonds. The third-order valence-corrected chi connectivity index (χ3v) is 4.62. The maximum atomic E-state index is 12.3. The van der Waals surface area contributed by atoms with Crippen LogP contribution in [0.25, 0.3) is 0 Å². The van der Waals surface area contributed by atoms with Crippen molar-refractivity contribution in [3.63, 3.8) is 0 Å². The van der Waals surface area contributed by atoms with Crippen LogP contribution in [0.4, 0.5) is 0 Å². The van der Waals surface area contributed by atoms with E-state index in [0.29, 0.717) is 44.6 Å². The number of Topliss-reactive ketones (excluding diaryl/α,β-unsaturated/α-hetero) is 1. The molecule has 6 heteroatoms. The monoisotopic (exact) mass is 405 g/mol. The van der Waals surface area contributed by atoms with Gasteiger partial charge in [0.05, 0.1) is 13.2 Å². The smallest absolute Gasteiger partial charge is 0.323 e. The molecule has 1 N–H and O–H groups in total. The van der Waals surface area contributed by atoms with Gasteiger partial charge in [-0.05, 0) is 33.6 Å². The van der Waals surface area contributed by atoms with Crippen LogP contribution in [0.3, 0.4) is 0 Å². The van der Waals surface area contributed by atoms with Crippen molar-refractivity contribution in [1.82, 2.24) is 5.32 Å². The lowest BCUT2D eigenvalue weighted by Gasteiger charge is -2.17. The molecule has 0 aromatic heterocycles. The van der Waals surface area contributed by atoms with Crippen LogP contribution >= 0.6 is 0 Å². The number of hydrogen-bond donors (Lipinski definition) is 1. The van der Waals surface area contributed by atoms with Gasteiger partial charge in [0.1, 0.15) is 6.04 Å². The molecule has 1 unspecified atom stereocenters. The molecule has 0 aliphatic rings. The molecule has 0 radical (unpaired) electrons. The normalized spacial score (nSPS) is 11.7. The van der Waals surface area contributed by atoms with E-state index in [-0.39, 0.29) is 17.7 Å². The Labute approximate surface area is 174 Å². The Morgan fingerprint density at radius 1 is 0.897 bits per heavy atom. The summed E-state index contributed by atoms with van der Waals surface area (Å²) in [4.78, 5) is 35.8. The van der Waals surface area contributed by atoms with Gasteiger partial charge < -0.3 is 14.8 Å². The lowest BCUT2D eigenvalue weighted by Crippen LogP contribution is -2.39. The number of hydrogen-bond acceptors (Lipinski definition) is 6. The van der Waals surface area contributed by atoms with E-state index < -0.39 is 6.04 Å². The fraction of sp³-hybridized carbons (Fsp3) is 0.609. The van der Waals surface area contributed by atoms with E-state index in [1.54, 1.807) is 13.8 Å². The summed E-state index contributed by atoms with van der Waals surface area (Å²) in [5, 5.41) is 3.17. The van der Waals surface area contributed by atoms with E-state index in [2.05, 4.69) is 5.32 Å². The van der Waals surface area contributed by atoms with E-state index >= 15 is 0 Å². The van der Waals surface area contributed by atoms with Gasteiger partial charge in [-0.1, -0.05) is 49.1 Å². The SMILES string of the molecule is CCOC(=O)CCCCCCC(NCCC(=O)c1ccc(C)cc1)C(=O)OCC. The van der Waals surface area contributed by atoms with Gasteiger partial charge in [0, 0.05) is 24.9 Å². The van der Waals surface area contributed by atoms with Crippen molar-refractivity contribution in [3.8, 4) is 0 Å². The number of carbonyl (C=O) groups is 3. The van der Waals surface area contributed by atoms with Gasteiger partial charge in [0.2, 0.25) is 0 Å². The molecule has 1 atom stereocenters. The first-order valence-corrected chi connectivity index (χ1v) is 10.6. The van der Waals surface area contributed by atoms with Crippen molar-refractivity contribution < 1.29 is 23.9 Å². The van der Waals surface area contributed by atoms with Gasteiger partial charge in [-0.2, -0.15) is 0 Å². The fourth-order valence-corrected chi connectivity index (χ4v) is 2.99. The van der Waals surface area contributed by atoms with Crippen LogP contribution in [-0.2, 0) is 19.1 Å². The maximum absolute atomic E-state index is 12.3. The average Bonchev–Trinajstić information content (AvgIpc) is 2.69. The van der Waals surface area contributed by atoms with Crippen molar-refractivity contribution in [1.29, 1.82) is 0 Å². The summed E-state index contributed by atoms with van der Waals surface area (Å²) < 4.78 is 10.1. The summed E-state index contributed by atoms with van der Waals surface area (Å²) in [6, 6.07) is 7.09. The Bertz CT molecular complexity index is 627. The molecule has 0 saturated heterocycles. The third kappa shape index (κ3) is 10.8. The van der Waals surface area contributed by atoms with Gasteiger partial charge >= 0.3 is 11.9 Å². The topological polar surface area (TPSA) is 81.7 Å². The summed E-state index contributed by atoms with van der Waals surface area (Å²) in [5.41, 5.74) is 1.80. The van der Waals surface area contributed by atoms with Crippen LogP contribution in [0.5, 0.6) is 0 Å². The highest BCUT2D eigenvalue weighted by Gasteiger charge is 2.19. The van der Waals surface area contributed by atoms with E-state index in [4.69, 9.17) is 9.47 Å². The first-order chi connectivity index (χ1) is 14.0. The second-order valence-corrected chi connectivity index (χ2v) is 7.06. The number of aryl methyl sites for hydroxylation is 1. The third-order valence-electron chi connectivity index (χ3n) is 4.62. The van der Waals surface area contributed by atoms with Crippen molar-refractivity contribution in [2.75, 3.05) is 19.8 Å². The molecule has 0 heterocycles. The molecule has 1 rings (SSSR count). The largest absolute Gasteiger partial charge is 0.466 e. The van der Waals surface area contributed by atoms with E-state index in [1.807, 2.05) is 31.2 Å². The number of esters is 2. The van der Waals surface area contributed by atoms with Crippen LogP contribution in [0.2, 0.25) is 0 Å². The van der Waals surface area contributed by atoms with Crippen molar-refractivity contribution in [3.05, 3.63) is 35.4 Å². The minimum atomic E-state index is -0.411. The van der Waals surface area contributed by atoms with Crippen molar-refractivity contribution in [2.24, 2.45) is 0 Å². The minimum Gasteiger partial charge on any atom is -0.466 e. The Morgan fingerprint density at radius 3 is 2.21 bits per heavy atom. The summed E-state index contributed by atoms with van der Waals surface area (Å²) >= 11 is 0. The first kappa shape index (κ1) is 24.8. The van der Waals surface area contributed by atoms with E-state index in [9.17, 15) is 14.4 Å². The molecule has 0 spiro atoms. The second-order valence-electron chi connectivity index (χ2n) is 7.06. The number of rotatable bonds is 15. The number of ether oxygens (including phenoxy) is 2. The highest BCUT2D eigenvalue weighted by Crippen LogP contribution is 2.10. The number of carbonyl (C=O) groups excluding carboxylic acids is 3. The van der Waals surface area contributed by atoms with Gasteiger partial charge in [-0.25, -0.2) is 0 Å². The number of ketones is 1. The summed E-state index contributed by atoms with van der Waals surface area (Å²) in [6.45, 7) is 6.74. The molecule has 29 heavy (non-hydrogen) atoms. The second kappa shape index (κ2) is 14.7. The van der Waals surface area contributed by atoms with Crippen LogP contribution in [0, 0.1) is 6.92 Å². The summed E-state index contributed by atoms with van der Waals surface area (Å²) in [6.07, 6.45) is 4.91. The average molecular weight is 406 g/mol. The van der Waals surface area contributed by atoms with Gasteiger partial charge in [-0.3, -0.25) is 14.4 Å². The van der Waals surface area contributed by atoms with Crippen LogP contribution in [0.15, 0.2) is 24.3 Å². The van der Waals surface area contributed by atoms with Crippen LogP contribution < -0.4 is 5.32 Å². The summed E-state index contributed by atoms with van der Waals surface area (Å²) in [7, 11) is 0. The Kier molecular flexibility index (Phi) is 12.6. The standard InChI is InChI=1S/C23H35NO5/c1-4-28-22(26)11-9-7-6-8-10-20(23(27)29-5-2)24-17-16-21(25)19-14-12-18(3)13-15-19/h12-15,20,24H,4-11,16-17H2,1-3H3. The van der Waals surface area contributed by atoms with E-state index in [0.717, 1.165) is 31.2 Å². The van der Waals surface area contributed by atoms with Gasteiger partial charge in [0.15, 0.2) is 5.78 Å². The van der Waals surface area contributed by atoms with Crippen molar-refractivity contribution in [2.45, 2.75) is 71.8 Å². The lowest BCUT2D eigenvalue weighted by atomic mass is 10.0. The van der Waals surface area contributed by atoms with Crippen molar-refractivity contribution >= 4 is 17.7 Å². The number of unbranched alkanes of at least 4 members (excludes halogenated alkanes) is 3. The quantitative estimate of drug-likeness (QED) is 0.270. The highest BCUT2D eigenvalue weighted by molar-refractivity contribution is 5.96. The number of benzene rings is 1. The molecular weight excluding hydrogens is 370 g/mol. The molecule has 1 aromatic rings. The van der Waals surface area contributed by atoms with Gasteiger partial charge in [0.25, 0.3) is 0 Å². The predicted octanol–water partition coefficient (Wildman–Crippen LogP) is 3.99. The number of nitrogens with one attached hydrogen (secondary N) is 1. The molecule has 0 fully saturated rings. The van der Waals surface area contributed by atoms with Gasteiger partial charge in [-0.15, -0.1) is 0 Å². The molecular formula is C23H35NO5. The predicted molar refractivity (Wildman–Crippen MR) is 113 cm³/mol. The molecule has 0 saturated carbocycles. The zero-order valence-electron chi connectivity index (χ0n) is 18.0. The zero-order valence-corrected chi connectivity index (χ0v) is 18.0. The Balaban J connectivity index is 2.34.